The van der Waals surface area contributed by atoms with Gasteiger partial charge in [0.25, 0.3) is 5.91 Å². The smallest absolute Gasteiger partial charge is 0.335 e. The number of anilines is 2. The number of phenolic OH excluding ortho intramolecular Hbond substituents is 1. The van der Waals surface area contributed by atoms with E-state index < -0.39 is 17.8 Å². The molecule has 53 heavy (non-hydrogen) atoms. The van der Waals surface area contributed by atoms with Crippen molar-refractivity contribution in [1.82, 2.24) is 0 Å². The van der Waals surface area contributed by atoms with Gasteiger partial charge < -0.3 is 29.9 Å². The number of aromatic carboxylic acids is 2. The predicted molar refractivity (Wildman–Crippen MR) is 211 cm³/mol. The number of aromatic hydroxyl groups is 1. The van der Waals surface area contributed by atoms with Crippen LogP contribution in [0.5, 0.6) is 5.75 Å². The quantitative estimate of drug-likeness (QED) is 0.0545. The second-order valence-corrected chi connectivity index (χ2v) is 13.8. The van der Waals surface area contributed by atoms with Crippen LogP contribution in [0.25, 0.3) is 10.8 Å². The molecule has 0 heterocycles. The summed E-state index contributed by atoms with van der Waals surface area (Å²) in [5.41, 5.74) is -0.282. The van der Waals surface area contributed by atoms with Gasteiger partial charge in [0, 0.05) is 42.4 Å². The molecular formula is C43H58N2O8. The molecule has 10 heteroatoms. The van der Waals surface area contributed by atoms with E-state index in [4.69, 9.17) is 0 Å². The summed E-state index contributed by atoms with van der Waals surface area (Å²) in [5.74, 6) is -4.00. The fourth-order valence-electron chi connectivity index (χ4n) is 6.84. The van der Waals surface area contributed by atoms with Crippen LogP contribution < -0.4 is 9.80 Å². The number of nitrogens with zero attached hydrogens (tertiary/aromatic N) is 2. The fourth-order valence-corrected chi connectivity index (χ4v) is 6.84. The van der Waals surface area contributed by atoms with Gasteiger partial charge in [0.05, 0.1) is 22.4 Å². The van der Waals surface area contributed by atoms with Gasteiger partial charge in [-0.3, -0.25) is 9.59 Å². The molecule has 0 aliphatic carbocycles. The second-order valence-electron chi connectivity index (χ2n) is 13.8. The maximum Gasteiger partial charge on any atom is 0.335 e. The molecule has 0 bridgehead atoms. The number of carbonyl (C=O) groups excluding carboxylic acids is 3. The molecule has 3 N–H and O–H groups in total. The molecular weight excluding hydrogens is 672 g/mol. The van der Waals surface area contributed by atoms with Crippen LogP contribution in [0.3, 0.4) is 0 Å². The minimum atomic E-state index is -1.35. The number of carbonyl (C=O) groups is 5. The zero-order chi connectivity index (χ0) is 38.6. The van der Waals surface area contributed by atoms with Crippen molar-refractivity contribution in [3.63, 3.8) is 0 Å². The van der Waals surface area contributed by atoms with Crippen LogP contribution in [0.4, 0.5) is 11.4 Å². The molecule has 10 nitrogen and oxygen atoms in total. The van der Waals surface area contributed by atoms with E-state index >= 15 is 0 Å². The van der Waals surface area contributed by atoms with Crippen molar-refractivity contribution < 1.29 is 39.3 Å². The lowest BCUT2D eigenvalue weighted by Gasteiger charge is -2.27. The van der Waals surface area contributed by atoms with Gasteiger partial charge in [-0.05, 0) is 37.6 Å². The van der Waals surface area contributed by atoms with Crippen LogP contribution in [-0.2, 0) is 9.59 Å². The van der Waals surface area contributed by atoms with Gasteiger partial charge >= 0.3 is 11.9 Å². The molecule has 0 spiro atoms. The Labute approximate surface area is 314 Å². The van der Waals surface area contributed by atoms with E-state index in [-0.39, 0.29) is 53.4 Å². The van der Waals surface area contributed by atoms with Crippen LogP contribution in [0, 0.1) is 0 Å². The molecule has 3 aromatic rings. The molecule has 3 rings (SSSR count). The van der Waals surface area contributed by atoms with Crippen molar-refractivity contribution in [2.45, 2.75) is 129 Å². The summed E-state index contributed by atoms with van der Waals surface area (Å²) in [6.45, 7) is 4.29. The molecule has 0 saturated heterocycles. The molecule has 3 aromatic carbocycles. The summed E-state index contributed by atoms with van der Waals surface area (Å²) in [4.78, 5) is 65.4. The normalized spacial score (nSPS) is 11.1. The standard InChI is InChI=1S/C43H58N2O8/c1-3-5-6-7-8-9-10-11-12-13-14-15-16-17-18-21-26-45(39(47)25-22-27-46)38-31-37(40(48)36-24-20-19-23-35(36)38)41(49)44(4-2)34-29-32(42(50)51)28-33(30-34)43(52)53/h19-20,23-24,27-31,48H,3-18,21-22,25-26H2,1-2H3,(H,50,51)(H,52,53). The van der Waals surface area contributed by atoms with Crippen molar-refractivity contribution in [3.05, 3.63) is 65.2 Å². The summed E-state index contributed by atoms with van der Waals surface area (Å²) in [6, 6.07) is 11.8. The Bertz CT molecular complexity index is 1640. The van der Waals surface area contributed by atoms with E-state index in [0.29, 0.717) is 35.7 Å². The summed E-state index contributed by atoms with van der Waals surface area (Å²) in [6.07, 6.45) is 20.3. The number of carboxylic acid groups (broad SMARTS) is 2. The van der Waals surface area contributed by atoms with Crippen LogP contribution in [0.1, 0.15) is 160 Å². The number of benzene rings is 3. The summed E-state index contributed by atoms with van der Waals surface area (Å²) < 4.78 is 0. The predicted octanol–water partition coefficient (Wildman–Crippen LogP) is 10.2. The average molecular weight is 731 g/mol. The van der Waals surface area contributed by atoms with Crippen molar-refractivity contribution in [3.8, 4) is 5.75 Å². The number of fused-ring (bicyclic) bond motifs is 1. The topological polar surface area (TPSA) is 153 Å². The highest BCUT2D eigenvalue weighted by Crippen LogP contribution is 2.38. The monoisotopic (exact) mass is 730 g/mol. The van der Waals surface area contributed by atoms with Crippen LogP contribution in [-0.4, -0.2) is 58.4 Å². The summed E-state index contributed by atoms with van der Waals surface area (Å²) in [5, 5.41) is 31.5. The number of rotatable bonds is 26. The Balaban J connectivity index is 1.73. The van der Waals surface area contributed by atoms with Crippen molar-refractivity contribution in [1.29, 1.82) is 0 Å². The number of amides is 2. The number of hydrogen-bond acceptors (Lipinski definition) is 6. The first-order valence-corrected chi connectivity index (χ1v) is 19.6. The molecule has 0 saturated carbocycles. The van der Waals surface area contributed by atoms with Gasteiger partial charge in [-0.15, -0.1) is 0 Å². The van der Waals surface area contributed by atoms with Gasteiger partial charge in [0.2, 0.25) is 5.91 Å². The summed E-state index contributed by atoms with van der Waals surface area (Å²) >= 11 is 0. The molecule has 0 radical (unpaired) electrons. The molecule has 0 fully saturated rings. The van der Waals surface area contributed by atoms with Gasteiger partial charge in [-0.25, -0.2) is 9.59 Å². The van der Waals surface area contributed by atoms with E-state index in [1.807, 2.05) is 0 Å². The maximum atomic E-state index is 14.2. The molecule has 2 amide bonds. The van der Waals surface area contributed by atoms with Gasteiger partial charge in [-0.2, -0.15) is 0 Å². The Morgan fingerprint density at radius 2 is 1.13 bits per heavy atom. The highest BCUT2D eigenvalue weighted by atomic mass is 16.4. The Kier molecular flexibility index (Phi) is 18.6. The molecule has 0 atom stereocenters. The molecule has 0 aromatic heterocycles. The lowest BCUT2D eigenvalue weighted by Crippen LogP contribution is -2.34. The SMILES string of the molecule is CCCCCCCCCCCCCCCCCCN(C(=O)CCC=O)c1cc(C(=O)N(CC)c2cc(C(=O)O)cc(C(=O)O)c2)c(O)c2ccccc12. The zero-order valence-corrected chi connectivity index (χ0v) is 31.6. The molecule has 0 aliphatic heterocycles. The third-order valence-corrected chi connectivity index (χ3v) is 9.81. The number of aldehydes is 1. The Morgan fingerprint density at radius 3 is 1.60 bits per heavy atom. The number of carboxylic acids is 2. The van der Waals surface area contributed by atoms with Crippen LogP contribution in [0.2, 0.25) is 0 Å². The fraction of sp³-hybridized carbons (Fsp3) is 0.512. The largest absolute Gasteiger partial charge is 0.506 e. The maximum absolute atomic E-state index is 14.2. The summed E-state index contributed by atoms with van der Waals surface area (Å²) in [7, 11) is 0. The first-order valence-electron chi connectivity index (χ1n) is 19.6. The van der Waals surface area contributed by atoms with E-state index in [9.17, 15) is 39.3 Å². The zero-order valence-electron chi connectivity index (χ0n) is 31.6. The highest BCUT2D eigenvalue weighted by molar-refractivity contribution is 6.16. The third kappa shape index (κ3) is 13.0. The van der Waals surface area contributed by atoms with Crippen molar-refractivity contribution in [2.75, 3.05) is 22.9 Å². The first kappa shape index (κ1) is 42.7. The lowest BCUT2D eigenvalue weighted by molar-refractivity contribution is -0.120. The molecule has 288 valence electrons. The number of hydrogen-bond donors (Lipinski definition) is 3. The van der Waals surface area contributed by atoms with E-state index in [1.54, 1.807) is 36.1 Å². The van der Waals surface area contributed by atoms with Gasteiger partial charge in [0.15, 0.2) is 0 Å². The van der Waals surface area contributed by atoms with Gasteiger partial charge in [0.1, 0.15) is 12.0 Å². The number of unbranched alkanes of at least 4 members (excludes halogenated alkanes) is 15. The van der Waals surface area contributed by atoms with Crippen LogP contribution >= 0.6 is 0 Å². The van der Waals surface area contributed by atoms with Crippen molar-refractivity contribution in [2.24, 2.45) is 0 Å². The Morgan fingerprint density at radius 1 is 0.642 bits per heavy atom. The van der Waals surface area contributed by atoms with Crippen molar-refractivity contribution >= 4 is 52.2 Å². The van der Waals surface area contributed by atoms with E-state index in [1.165, 1.54) is 100 Å². The highest BCUT2D eigenvalue weighted by Gasteiger charge is 2.27. The van der Waals surface area contributed by atoms with Gasteiger partial charge in [-0.1, -0.05) is 128 Å². The third-order valence-electron chi connectivity index (χ3n) is 9.81. The minimum absolute atomic E-state index is 0.0120. The van der Waals surface area contributed by atoms with E-state index in [2.05, 4.69) is 6.92 Å². The minimum Gasteiger partial charge on any atom is -0.506 e. The number of phenols is 1. The first-order chi connectivity index (χ1) is 25.6. The molecule has 0 aliphatic rings. The lowest BCUT2D eigenvalue weighted by atomic mass is 10.00. The Hall–Kier alpha value is -4.73. The average Bonchev–Trinajstić information content (AvgIpc) is 3.15. The second kappa shape index (κ2) is 23.0. The van der Waals surface area contributed by atoms with E-state index in [0.717, 1.165) is 25.3 Å². The van der Waals surface area contributed by atoms with Crippen LogP contribution in [0.15, 0.2) is 48.5 Å². The molecule has 0 unspecified atom stereocenters.